The van der Waals surface area contributed by atoms with Crippen molar-refractivity contribution in [2.45, 2.75) is 40.4 Å². The number of aryl methyl sites for hydroxylation is 3. The molecule has 117 heavy (non-hydrogen) atoms. The molecule has 6 aromatic heterocycles. The van der Waals surface area contributed by atoms with Gasteiger partial charge in [0.1, 0.15) is 0 Å². The van der Waals surface area contributed by atoms with Crippen molar-refractivity contribution in [3.63, 3.8) is 0 Å². The summed E-state index contributed by atoms with van der Waals surface area (Å²) in [7, 11) is 0. The molecule has 0 amide bonds. The van der Waals surface area contributed by atoms with Crippen LogP contribution in [0.4, 0.5) is 0 Å². The molecule has 558 valence electrons. The van der Waals surface area contributed by atoms with Crippen molar-refractivity contribution in [3.8, 4) is 135 Å². The second kappa shape index (κ2) is 32.2. The monoisotopic (exact) mass is 1500 g/mol. The molecule has 0 fully saturated rings. The van der Waals surface area contributed by atoms with Gasteiger partial charge in [0.05, 0.1) is 50.7 Å². The van der Waals surface area contributed by atoms with Crippen LogP contribution < -0.4 is 0 Å². The van der Waals surface area contributed by atoms with Gasteiger partial charge in [-0.05, 0) is 79.9 Å². The smallest absolute Gasteiger partial charge is 0.160 e. The summed E-state index contributed by atoms with van der Waals surface area (Å²) in [6.45, 7) is 9.39. The SMILES string of the molecule is CCn1c2ccccc2c2cccc(-c3ccc(-c4nc(-c5ccccc5)cc(-c5ccccc5)n4)cc3)c21.CCn1c2ccccc2c2cccc(-c3ccc(-c4nc(-c5ccccc5)cc(-c5ccccc5)n4)cc3)c21.CCn1c2ccccc2c2cccc(-c3cccc(-c4nc(-c5ccccc5)cc(-c5ccccc5)n4)c3)c21. The normalized spacial score (nSPS) is 11.3. The van der Waals surface area contributed by atoms with Gasteiger partial charge in [0, 0.05) is 135 Å². The third-order valence-corrected chi connectivity index (χ3v) is 22.3. The molecule has 0 spiro atoms. The van der Waals surface area contributed by atoms with Crippen LogP contribution in [0.3, 0.4) is 0 Å². The Morgan fingerprint density at radius 1 is 0.171 bits per heavy atom. The molecule has 0 saturated heterocycles. The molecule has 21 rings (SSSR count). The number of aromatic nitrogens is 9. The molecule has 0 saturated carbocycles. The lowest BCUT2D eigenvalue weighted by Gasteiger charge is -2.12. The molecule has 0 unspecified atom stereocenters. The molecule has 0 aliphatic rings. The Morgan fingerprint density at radius 2 is 0.385 bits per heavy atom. The minimum atomic E-state index is 0.722. The van der Waals surface area contributed by atoms with E-state index in [1.807, 2.05) is 109 Å². The first-order chi connectivity index (χ1) is 57.9. The van der Waals surface area contributed by atoms with Crippen molar-refractivity contribution in [2.75, 3.05) is 0 Å². The van der Waals surface area contributed by atoms with Gasteiger partial charge in [-0.3, -0.25) is 0 Å². The predicted molar refractivity (Wildman–Crippen MR) is 487 cm³/mol. The molecule has 15 aromatic carbocycles. The first-order valence-electron chi connectivity index (χ1n) is 40.2. The fraction of sp³-hybridized carbons (Fsp3) is 0.0556. The first-order valence-corrected chi connectivity index (χ1v) is 40.2. The maximum Gasteiger partial charge on any atom is 0.160 e. The molecule has 9 heteroatoms. The van der Waals surface area contributed by atoms with Crippen LogP contribution in [0.25, 0.3) is 201 Å². The molecule has 9 nitrogen and oxygen atoms in total. The van der Waals surface area contributed by atoms with Crippen LogP contribution in [0.2, 0.25) is 0 Å². The minimum Gasteiger partial charge on any atom is -0.340 e. The zero-order chi connectivity index (χ0) is 78.5. The molecular formula is C108H81N9. The average Bonchev–Trinajstić information content (AvgIpc) is 1.61. The highest BCUT2D eigenvalue weighted by Gasteiger charge is 2.21. The van der Waals surface area contributed by atoms with Gasteiger partial charge in [-0.1, -0.05) is 358 Å². The van der Waals surface area contributed by atoms with Gasteiger partial charge in [0.25, 0.3) is 0 Å². The van der Waals surface area contributed by atoms with E-state index in [-0.39, 0.29) is 0 Å². The third kappa shape index (κ3) is 14.2. The highest BCUT2D eigenvalue weighted by atomic mass is 15.0. The Balaban J connectivity index is 0.000000117. The van der Waals surface area contributed by atoms with E-state index in [1.165, 1.54) is 93.2 Å². The summed E-state index contributed by atoms with van der Waals surface area (Å²) in [6, 6.07) is 140. The summed E-state index contributed by atoms with van der Waals surface area (Å²) in [5, 5.41) is 7.75. The Hall–Kier alpha value is -15.1. The maximum atomic E-state index is 5.05. The summed E-state index contributed by atoms with van der Waals surface area (Å²) < 4.78 is 7.27. The zero-order valence-corrected chi connectivity index (χ0v) is 65.3. The van der Waals surface area contributed by atoms with Crippen LogP contribution in [-0.4, -0.2) is 43.6 Å². The van der Waals surface area contributed by atoms with Crippen molar-refractivity contribution >= 4 is 65.4 Å². The number of nitrogens with zero attached hydrogens (tertiary/aromatic N) is 9. The molecule has 0 radical (unpaired) electrons. The summed E-state index contributed by atoms with van der Waals surface area (Å²) >= 11 is 0. The number of benzene rings is 15. The minimum absolute atomic E-state index is 0.722. The predicted octanol–water partition coefficient (Wildman–Crippen LogP) is 27.8. The molecule has 0 N–H and O–H groups in total. The Morgan fingerprint density at radius 3 is 0.667 bits per heavy atom. The molecule has 0 bridgehead atoms. The molecule has 0 aliphatic carbocycles. The standard InChI is InChI=1S/3C36H27N3/c1-2-39-34-22-10-9-19-30(34)31-21-12-20-29(35(31)39)27-17-11-18-28(23-27)36-37-32(25-13-5-3-6-14-25)24-33(38-36)26-15-7-4-8-16-26;2*1-2-39-34-19-10-9-16-30(34)31-18-11-17-29(35(31)39)25-20-22-28(23-21-25)36-37-32(26-12-5-3-6-13-26)24-33(38-36)27-14-7-4-8-15-27/h3*3-24H,2H2,1H3. The van der Waals surface area contributed by atoms with Crippen LogP contribution in [0.1, 0.15) is 20.8 Å². The van der Waals surface area contributed by atoms with Crippen LogP contribution in [0, 0.1) is 0 Å². The summed E-state index contributed by atoms with van der Waals surface area (Å²) in [6.07, 6.45) is 0. The van der Waals surface area contributed by atoms with E-state index in [2.05, 4.69) is 326 Å². The maximum absolute atomic E-state index is 5.05. The van der Waals surface area contributed by atoms with Crippen molar-refractivity contribution in [1.29, 1.82) is 0 Å². The highest BCUT2D eigenvalue weighted by Crippen LogP contribution is 2.42. The topological polar surface area (TPSA) is 92.1 Å². The van der Waals surface area contributed by atoms with E-state index >= 15 is 0 Å². The van der Waals surface area contributed by atoms with Gasteiger partial charge in [-0.15, -0.1) is 0 Å². The van der Waals surface area contributed by atoms with Gasteiger partial charge in [-0.25, -0.2) is 29.9 Å². The van der Waals surface area contributed by atoms with Gasteiger partial charge < -0.3 is 13.7 Å². The Bertz CT molecular complexity index is 6680. The van der Waals surface area contributed by atoms with Gasteiger partial charge >= 0.3 is 0 Å². The van der Waals surface area contributed by atoms with Crippen molar-refractivity contribution in [2.24, 2.45) is 0 Å². The van der Waals surface area contributed by atoms with E-state index in [0.717, 1.165) is 127 Å². The average molecular weight is 1500 g/mol. The van der Waals surface area contributed by atoms with Gasteiger partial charge in [0.15, 0.2) is 17.5 Å². The summed E-state index contributed by atoms with van der Waals surface area (Å²) in [4.78, 5) is 30.1. The van der Waals surface area contributed by atoms with E-state index in [4.69, 9.17) is 29.9 Å². The van der Waals surface area contributed by atoms with Crippen LogP contribution in [0.5, 0.6) is 0 Å². The number of fused-ring (bicyclic) bond motifs is 9. The summed E-state index contributed by atoms with van der Waals surface area (Å²) in [5.74, 6) is 2.17. The molecule has 0 aliphatic heterocycles. The second-order valence-electron chi connectivity index (χ2n) is 29.2. The van der Waals surface area contributed by atoms with E-state index in [0.29, 0.717) is 0 Å². The fourth-order valence-electron chi connectivity index (χ4n) is 16.7. The molecular weight excluding hydrogens is 1420 g/mol. The lowest BCUT2D eigenvalue weighted by molar-refractivity contribution is 0.828. The second-order valence-corrected chi connectivity index (χ2v) is 29.2. The number of hydrogen-bond acceptors (Lipinski definition) is 6. The lowest BCUT2D eigenvalue weighted by Crippen LogP contribution is -1.97. The largest absolute Gasteiger partial charge is 0.340 e. The van der Waals surface area contributed by atoms with E-state index < -0.39 is 0 Å². The van der Waals surface area contributed by atoms with Gasteiger partial charge in [0.2, 0.25) is 0 Å². The van der Waals surface area contributed by atoms with Crippen LogP contribution in [0.15, 0.2) is 400 Å². The zero-order valence-electron chi connectivity index (χ0n) is 65.3. The molecule has 6 heterocycles. The summed E-state index contributed by atoms with van der Waals surface area (Å²) in [5.41, 5.74) is 29.8. The van der Waals surface area contributed by atoms with Crippen LogP contribution >= 0.6 is 0 Å². The third-order valence-electron chi connectivity index (χ3n) is 22.3. The molecule has 21 aromatic rings. The van der Waals surface area contributed by atoms with Crippen molar-refractivity contribution < 1.29 is 0 Å². The molecule has 0 atom stereocenters. The van der Waals surface area contributed by atoms with Gasteiger partial charge in [-0.2, -0.15) is 0 Å². The number of para-hydroxylation sites is 6. The highest BCUT2D eigenvalue weighted by molar-refractivity contribution is 6.15. The number of rotatable bonds is 15. The van der Waals surface area contributed by atoms with E-state index in [1.54, 1.807) is 0 Å². The first kappa shape index (κ1) is 72.2. The Labute approximate surface area is 680 Å². The lowest BCUT2D eigenvalue weighted by atomic mass is 9.99. The van der Waals surface area contributed by atoms with Crippen molar-refractivity contribution in [3.05, 3.63) is 400 Å². The Kier molecular flexibility index (Phi) is 19.9. The van der Waals surface area contributed by atoms with E-state index in [9.17, 15) is 0 Å². The van der Waals surface area contributed by atoms with Crippen LogP contribution in [-0.2, 0) is 19.6 Å². The quantitative estimate of drug-likeness (QED) is 0.102. The fourth-order valence-corrected chi connectivity index (χ4v) is 16.7. The number of hydrogen-bond donors (Lipinski definition) is 0. The van der Waals surface area contributed by atoms with Crippen molar-refractivity contribution in [1.82, 2.24) is 43.6 Å².